The van der Waals surface area contributed by atoms with E-state index in [-0.39, 0.29) is 12.5 Å². The molecule has 8 heteroatoms. The number of rotatable bonds is 5. The molecule has 0 unspecified atom stereocenters. The molecule has 0 bridgehead atoms. The van der Waals surface area contributed by atoms with Gasteiger partial charge in [0.15, 0.2) is 5.11 Å². The first-order valence-electron chi connectivity index (χ1n) is 7.75. The SMILES string of the molecule is COc1cc(OC)cc(N2C(=O)/C(=C\c3ccc(CO)o3)N(C)C2=S)c1. The Hall–Kier alpha value is -2.84. The van der Waals surface area contributed by atoms with Crippen molar-refractivity contribution in [2.75, 3.05) is 26.2 Å². The minimum Gasteiger partial charge on any atom is -0.497 e. The average Bonchev–Trinajstić information content (AvgIpc) is 3.20. The number of benzene rings is 1. The number of thiocarbonyl (C=S) groups is 1. The van der Waals surface area contributed by atoms with Gasteiger partial charge in [0.2, 0.25) is 0 Å². The van der Waals surface area contributed by atoms with Gasteiger partial charge >= 0.3 is 0 Å². The van der Waals surface area contributed by atoms with Gasteiger partial charge < -0.3 is 23.9 Å². The lowest BCUT2D eigenvalue weighted by Gasteiger charge is -2.18. The van der Waals surface area contributed by atoms with E-state index in [1.807, 2.05) is 0 Å². The summed E-state index contributed by atoms with van der Waals surface area (Å²) in [6.07, 6.45) is 1.59. The molecule has 1 N–H and O–H groups in total. The van der Waals surface area contributed by atoms with Crippen LogP contribution in [0.2, 0.25) is 0 Å². The van der Waals surface area contributed by atoms with E-state index >= 15 is 0 Å². The molecule has 0 radical (unpaired) electrons. The molecule has 0 spiro atoms. The molecular formula is C18H18N2O5S. The summed E-state index contributed by atoms with van der Waals surface area (Å²) in [6, 6.07) is 8.46. The topological polar surface area (TPSA) is 75.4 Å². The third-order valence-corrected chi connectivity index (χ3v) is 4.43. The summed E-state index contributed by atoms with van der Waals surface area (Å²) in [7, 11) is 4.78. The zero-order chi connectivity index (χ0) is 18.8. The van der Waals surface area contributed by atoms with Crippen molar-refractivity contribution in [1.82, 2.24) is 4.90 Å². The lowest BCUT2D eigenvalue weighted by molar-refractivity contribution is -0.114. The predicted molar refractivity (Wildman–Crippen MR) is 100 cm³/mol. The van der Waals surface area contributed by atoms with Crippen molar-refractivity contribution in [1.29, 1.82) is 0 Å². The Bertz CT molecular complexity index is 867. The Morgan fingerprint density at radius 1 is 1.19 bits per heavy atom. The van der Waals surface area contributed by atoms with Crippen molar-refractivity contribution in [2.24, 2.45) is 0 Å². The maximum absolute atomic E-state index is 13.0. The number of furan rings is 1. The predicted octanol–water partition coefficient (Wildman–Crippen LogP) is 2.39. The number of aliphatic hydroxyl groups excluding tert-OH is 1. The van der Waals surface area contributed by atoms with Gasteiger partial charge in [-0.05, 0) is 24.4 Å². The number of likely N-dealkylation sites (N-methyl/N-ethyl adjacent to an activating group) is 1. The van der Waals surface area contributed by atoms with Crippen molar-refractivity contribution in [3.63, 3.8) is 0 Å². The van der Waals surface area contributed by atoms with Crippen molar-refractivity contribution in [3.05, 3.63) is 47.5 Å². The maximum Gasteiger partial charge on any atom is 0.281 e. The van der Waals surface area contributed by atoms with Gasteiger partial charge in [-0.1, -0.05) is 0 Å². The van der Waals surface area contributed by atoms with Gasteiger partial charge in [0, 0.05) is 31.3 Å². The van der Waals surface area contributed by atoms with Crippen LogP contribution in [-0.4, -0.2) is 42.3 Å². The van der Waals surface area contributed by atoms with Crippen LogP contribution in [0.15, 0.2) is 40.4 Å². The summed E-state index contributed by atoms with van der Waals surface area (Å²) in [5, 5.41) is 9.43. The second-order valence-electron chi connectivity index (χ2n) is 5.54. The van der Waals surface area contributed by atoms with Crippen LogP contribution in [0.1, 0.15) is 11.5 Å². The van der Waals surface area contributed by atoms with E-state index in [9.17, 15) is 4.79 Å². The molecule has 0 atom stereocenters. The fraction of sp³-hybridized carbons (Fsp3) is 0.222. The summed E-state index contributed by atoms with van der Waals surface area (Å²) >= 11 is 5.44. The number of hydrogen-bond acceptors (Lipinski definition) is 6. The van der Waals surface area contributed by atoms with Crippen LogP contribution in [0.3, 0.4) is 0 Å². The Morgan fingerprint density at radius 2 is 1.85 bits per heavy atom. The second kappa shape index (κ2) is 7.19. The van der Waals surface area contributed by atoms with Crippen LogP contribution in [0.5, 0.6) is 11.5 Å². The van der Waals surface area contributed by atoms with E-state index in [2.05, 4.69) is 0 Å². The molecule has 0 saturated carbocycles. The number of carbonyl (C=O) groups excluding carboxylic acids is 1. The van der Waals surface area contributed by atoms with Crippen LogP contribution in [0, 0.1) is 0 Å². The zero-order valence-corrected chi connectivity index (χ0v) is 15.4. The second-order valence-corrected chi connectivity index (χ2v) is 5.91. The fourth-order valence-electron chi connectivity index (χ4n) is 2.60. The highest BCUT2D eigenvalue weighted by Crippen LogP contribution is 2.33. The van der Waals surface area contributed by atoms with E-state index in [1.165, 1.54) is 19.1 Å². The lowest BCUT2D eigenvalue weighted by Crippen LogP contribution is -2.31. The van der Waals surface area contributed by atoms with Crippen LogP contribution < -0.4 is 14.4 Å². The number of carbonyl (C=O) groups is 1. The largest absolute Gasteiger partial charge is 0.497 e. The zero-order valence-electron chi connectivity index (χ0n) is 14.6. The Kier molecular flexibility index (Phi) is 4.97. The number of nitrogens with zero attached hydrogens (tertiary/aromatic N) is 2. The van der Waals surface area contributed by atoms with Gasteiger partial charge in [0.25, 0.3) is 5.91 Å². The number of amides is 1. The molecule has 136 valence electrons. The number of hydrogen-bond donors (Lipinski definition) is 1. The minimum atomic E-state index is -0.297. The molecule has 26 heavy (non-hydrogen) atoms. The molecule has 1 aromatic heterocycles. The highest BCUT2D eigenvalue weighted by atomic mass is 32.1. The first-order chi connectivity index (χ1) is 12.5. The number of anilines is 1. The van der Waals surface area contributed by atoms with Gasteiger partial charge in [-0.2, -0.15) is 0 Å². The van der Waals surface area contributed by atoms with Crippen molar-refractivity contribution in [3.8, 4) is 11.5 Å². The van der Waals surface area contributed by atoms with E-state index in [1.54, 1.807) is 48.4 Å². The van der Waals surface area contributed by atoms with Gasteiger partial charge in [0.05, 0.1) is 19.9 Å². The van der Waals surface area contributed by atoms with Gasteiger partial charge in [-0.15, -0.1) is 0 Å². The molecule has 2 heterocycles. The maximum atomic E-state index is 13.0. The molecule has 1 fully saturated rings. The smallest absolute Gasteiger partial charge is 0.281 e. The molecule has 1 saturated heterocycles. The highest BCUT2D eigenvalue weighted by molar-refractivity contribution is 7.80. The third kappa shape index (κ3) is 3.16. The molecule has 1 aliphatic heterocycles. The van der Waals surface area contributed by atoms with Gasteiger partial charge in [0.1, 0.15) is 35.3 Å². The Morgan fingerprint density at radius 3 is 2.38 bits per heavy atom. The van der Waals surface area contributed by atoms with E-state index in [4.69, 9.17) is 31.2 Å². The molecule has 2 aromatic rings. The molecule has 1 aliphatic rings. The van der Waals surface area contributed by atoms with Crippen molar-refractivity contribution < 1.29 is 23.8 Å². The fourth-order valence-corrected chi connectivity index (χ4v) is 2.88. The number of methoxy groups -OCH3 is 2. The summed E-state index contributed by atoms with van der Waals surface area (Å²) in [6.45, 7) is -0.207. The molecule has 1 aromatic carbocycles. The number of aliphatic hydroxyl groups is 1. The summed E-state index contributed by atoms with van der Waals surface area (Å²) < 4.78 is 16.0. The highest BCUT2D eigenvalue weighted by Gasteiger charge is 2.37. The van der Waals surface area contributed by atoms with Crippen molar-refractivity contribution >= 4 is 35.0 Å². The van der Waals surface area contributed by atoms with Crippen LogP contribution in [0.4, 0.5) is 5.69 Å². The Labute approximate surface area is 156 Å². The number of ether oxygens (including phenoxy) is 2. The minimum absolute atomic E-state index is 0.207. The molecular weight excluding hydrogens is 356 g/mol. The van der Waals surface area contributed by atoms with E-state index in [0.717, 1.165) is 0 Å². The summed E-state index contributed by atoms with van der Waals surface area (Å²) in [5.41, 5.74) is 0.901. The first-order valence-corrected chi connectivity index (χ1v) is 8.15. The van der Waals surface area contributed by atoms with Gasteiger partial charge in [-0.25, -0.2) is 0 Å². The van der Waals surface area contributed by atoms with Crippen LogP contribution in [0.25, 0.3) is 6.08 Å². The monoisotopic (exact) mass is 374 g/mol. The van der Waals surface area contributed by atoms with Gasteiger partial charge in [-0.3, -0.25) is 9.69 Å². The van der Waals surface area contributed by atoms with E-state index < -0.39 is 0 Å². The third-order valence-electron chi connectivity index (χ3n) is 3.97. The summed E-state index contributed by atoms with van der Waals surface area (Å²) in [4.78, 5) is 16.0. The summed E-state index contributed by atoms with van der Waals surface area (Å²) in [5.74, 6) is 1.68. The quantitative estimate of drug-likeness (QED) is 0.636. The standard InChI is InChI=1S/C18H18N2O5S/c1-19-16(9-12-4-5-13(10-21)25-12)17(22)20(18(19)26)11-6-14(23-2)8-15(7-11)24-3/h4-9,21H,10H2,1-3H3/b16-9+. The average molecular weight is 374 g/mol. The molecule has 0 aliphatic carbocycles. The van der Waals surface area contributed by atoms with Crippen molar-refractivity contribution in [2.45, 2.75) is 6.61 Å². The molecule has 1 amide bonds. The first kappa shape index (κ1) is 18.0. The normalized spacial score (nSPS) is 15.9. The molecule has 3 rings (SSSR count). The van der Waals surface area contributed by atoms with Crippen LogP contribution >= 0.6 is 12.2 Å². The molecule has 7 nitrogen and oxygen atoms in total. The lowest BCUT2D eigenvalue weighted by atomic mass is 10.2. The van der Waals surface area contributed by atoms with Crippen LogP contribution in [-0.2, 0) is 11.4 Å². The van der Waals surface area contributed by atoms with E-state index in [0.29, 0.717) is 39.5 Å². The Balaban J connectivity index is 2.00.